The van der Waals surface area contributed by atoms with E-state index >= 15 is 0 Å². The lowest BCUT2D eigenvalue weighted by molar-refractivity contribution is -0.141. The monoisotopic (exact) mass is 494 g/mol. The highest BCUT2D eigenvalue weighted by molar-refractivity contribution is 6.03. The largest absolute Gasteiger partial charge is 0.375 e. The molecule has 0 bridgehead atoms. The third kappa shape index (κ3) is 10.4. The van der Waals surface area contributed by atoms with Crippen LogP contribution in [0.1, 0.15) is 107 Å². The second-order valence-corrected chi connectivity index (χ2v) is 12.7. The molecule has 0 aromatic carbocycles. The summed E-state index contributed by atoms with van der Waals surface area (Å²) in [6.07, 6.45) is 5.47. The number of nitrogens with one attached hydrogen (secondary N) is 1. The summed E-state index contributed by atoms with van der Waals surface area (Å²) in [6, 6.07) is -0.480. The fourth-order valence-electron chi connectivity index (χ4n) is 4.12. The molecule has 0 radical (unpaired) electrons. The number of aldehydes is 1. The Morgan fingerprint density at radius 2 is 1.74 bits per heavy atom. The predicted octanol–water partition coefficient (Wildman–Crippen LogP) is 4.91. The van der Waals surface area contributed by atoms with Crippen LogP contribution in [0.4, 0.5) is 0 Å². The van der Waals surface area contributed by atoms with Crippen LogP contribution in [0.2, 0.25) is 0 Å². The molecule has 0 aromatic heterocycles. The first-order valence-corrected chi connectivity index (χ1v) is 13.3. The number of rotatable bonds is 16. The summed E-state index contributed by atoms with van der Waals surface area (Å²) >= 11 is 0. The highest BCUT2D eigenvalue weighted by Crippen LogP contribution is 2.33. The molecule has 1 heterocycles. The van der Waals surface area contributed by atoms with Gasteiger partial charge in [0.05, 0.1) is 11.6 Å². The molecule has 3 amide bonds. The Bertz CT molecular complexity index is 742. The normalized spacial score (nSPS) is 18.3. The van der Waals surface area contributed by atoms with Crippen molar-refractivity contribution in [3.63, 3.8) is 0 Å². The lowest BCUT2D eigenvalue weighted by Crippen LogP contribution is -2.45. The van der Waals surface area contributed by atoms with Crippen LogP contribution in [0.3, 0.4) is 0 Å². The quantitative estimate of drug-likeness (QED) is 0.243. The van der Waals surface area contributed by atoms with Gasteiger partial charge < -0.3 is 14.8 Å². The molecule has 0 saturated carbocycles. The van der Waals surface area contributed by atoms with E-state index in [0.717, 1.165) is 25.5 Å². The van der Waals surface area contributed by atoms with Crippen molar-refractivity contribution >= 4 is 24.0 Å². The number of nitrogens with zero attached hydrogens (tertiary/aromatic N) is 1. The number of carbonyl (C=O) groups is 4. The average molecular weight is 495 g/mol. The van der Waals surface area contributed by atoms with Crippen molar-refractivity contribution in [2.75, 3.05) is 13.2 Å². The molecule has 7 heteroatoms. The van der Waals surface area contributed by atoms with Crippen molar-refractivity contribution < 1.29 is 23.9 Å². The van der Waals surface area contributed by atoms with Crippen molar-refractivity contribution in [2.24, 2.45) is 22.7 Å². The maximum Gasteiger partial charge on any atom is 0.232 e. The molecule has 202 valence electrons. The minimum atomic E-state index is -0.686. The van der Waals surface area contributed by atoms with Gasteiger partial charge in [-0.1, -0.05) is 54.9 Å². The zero-order valence-electron chi connectivity index (χ0n) is 23.7. The molecule has 0 aromatic rings. The second kappa shape index (κ2) is 13.0. The van der Waals surface area contributed by atoms with E-state index in [4.69, 9.17) is 4.74 Å². The molecule has 1 rings (SSSR count). The third-order valence-electron chi connectivity index (χ3n) is 7.44. The van der Waals surface area contributed by atoms with E-state index in [-0.39, 0.29) is 29.1 Å². The van der Waals surface area contributed by atoms with E-state index in [1.165, 1.54) is 4.90 Å². The van der Waals surface area contributed by atoms with Crippen LogP contribution >= 0.6 is 0 Å². The van der Waals surface area contributed by atoms with E-state index in [0.29, 0.717) is 44.8 Å². The molecule has 1 saturated heterocycles. The fourth-order valence-corrected chi connectivity index (χ4v) is 4.12. The van der Waals surface area contributed by atoms with Crippen molar-refractivity contribution in [3.05, 3.63) is 0 Å². The standard InChI is InChI=1S/C28H50N2O5/c1-10-26(4,5)12-11-21-18-23(32)30(24(21)33)15-13-28(8,9)35-16-14-27(6,7)25(34)29-22(19-31)17-20(2)3/h19-22H,10-18H2,1-9H3,(H,29,34). The van der Waals surface area contributed by atoms with Gasteiger partial charge in [-0.2, -0.15) is 0 Å². The van der Waals surface area contributed by atoms with Crippen LogP contribution in [0.15, 0.2) is 0 Å². The number of hydrogen-bond acceptors (Lipinski definition) is 5. The van der Waals surface area contributed by atoms with E-state index in [1.54, 1.807) is 0 Å². The molecule has 1 aliphatic rings. The van der Waals surface area contributed by atoms with Gasteiger partial charge in [0, 0.05) is 30.9 Å². The van der Waals surface area contributed by atoms with Gasteiger partial charge >= 0.3 is 0 Å². The Morgan fingerprint density at radius 3 is 2.29 bits per heavy atom. The summed E-state index contributed by atoms with van der Waals surface area (Å²) in [5, 5.41) is 2.84. The predicted molar refractivity (Wildman–Crippen MR) is 139 cm³/mol. The number of amides is 3. The molecule has 7 nitrogen and oxygen atoms in total. The third-order valence-corrected chi connectivity index (χ3v) is 7.44. The Morgan fingerprint density at radius 1 is 1.11 bits per heavy atom. The SMILES string of the molecule is CCC(C)(C)CCC1CC(=O)N(CCC(C)(C)OCCC(C)(C)C(=O)NC(C=O)CC(C)C)C1=O. The van der Waals surface area contributed by atoms with Crippen molar-refractivity contribution in [1.82, 2.24) is 10.2 Å². The molecule has 35 heavy (non-hydrogen) atoms. The molecular weight excluding hydrogens is 444 g/mol. The summed E-state index contributed by atoms with van der Waals surface area (Å²) < 4.78 is 6.08. The Balaban J connectivity index is 2.53. The topological polar surface area (TPSA) is 92.8 Å². The Labute approximate surface area is 213 Å². The summed E-state index contributed by atoms with van der Waals surface area (Å²) in [4.78, 5) is 50.7. The maximum absolute atomic E-state index is 12.8. The van der Waals surface area contributed by atoms with Crippen LogP contribution < -0.4 is 5.32 Å². The Hall–Kier alpha value is -1.76. The van der Waals surface area contributed by atoms with Gasteiger partial charge in [0.1, 0.15) is 6.29 Å². The summed E-state index contributed by atoms with van der Waals surface area (Å²) in [7, 11) is 0. The minimum Gasteiger partial charge on any atom is -0.375 e. The first-order chi connectivity index (χ1) is 16.0. The van der Waals surface area contributed by atoms with Crippen molar-refractivity contribution in [3.8, 4) is 0 Å². The zero-order chi connectivity index (χ0) is 27.0. The molecule has 0 spiro atoms. The van der Waals surface area contributed by atoms with Gasteiger partial charge in [-0.05, 0) is 57.3 Å². The highest BCUT2D eigenvalue weighted by atomic mass is 16.5. The highest BCUT2D eigenvalue weighted by Gasteiger charge is 2.39. The number of ether oxygens (including phenoxy) is 1. The summed E-state index contributed by atoms with van der Waals surface area (Å²) in [5.74, 6) is -0.203. The number of hydrogen-bond donors (Lipinski definition) is 1. The van der Waals surface area contributed by atoms with E-state index < -0.39 is 17.1 Å². The molecule has 1 aliphatic heterocycles. The smallest absolute Gasteiger partial charge is 0.232 e. The van der Waals surface area contributed by atoms with E-state index in [9.17, 15) is 19.2 Å². The molecule has 0 aliphatic carbocycles. The van der Waals surface area contributed by atoms with Gasteiger partial charge in [0.15, 0.2) is 0 Å². The average Bonchev–Trinajstić information content (AvgIpc) is 3.02. The summed E-state index contributed by atoms with van der Waals surface area (Å²) in [5.41, 5.74) is -1.05. The van der Waals surface area contributed by atoms with Crippen LogP contribution in [0.25, 0.3) is 0 Å². The summed E-state index contributed by atoms with van der Waals surface area (Å²) in [6.45, 7) is 18.9. The van der Waals surface area contributed by atoms with Crippen LogP contribution in [0, 0.1) is 22.7 Å². The van der Waals surface area contributed by atoms with Gasteiger partial charge in [0.25, 0.3) is 0 Å². The van der Waals surface area contributed by atoms with Crippen LogP contribution in [-0.4, -0.2) is 53.7 Å². The van der Waals surface area contributed by atoms with Gasteiger partial charge in [-0.3, -0.25) is 19.3 Å². The number of likely N-dealkylation sites (tertiary alicyclic amines) is 1. The zero-order valence-corrected chi connectivity index (χ0v) is 23.7. The van der Waals surface area contributed by atoms with Gasteiger partial charge in [-0.15, -0.1) is 0 Å². The second-order valence-electron chi connectivity index (χ2n) is 12.7. The molecule has 1 N–H and O–H groups in total. The van der Waals surface area contributed by atoms with E-state index in [2.05, 4.69) is 26.1 Å². The fraction of sp³-hybridized carbons (Fsp3) is 0.857. The Kier molecular flexibility index (Phi) is 11.6. The lowest BCUT2D eigenvalue weighted by atomic mass is 9.82. The minimum absolute atomic E-state index is 0.0540. The van der Waals surface area contributed by atoms with Crippen LogP contribution in [0.5, 0.6) is 0 Å². The number of imide groups is 1. The molecule has 2 atom stereocenters. The molecule has 1 fully saturated rings. The van der Waals surface area contributed by atoms with Gasteiger partial charge in [-0.25, -0.2) is 0 Å². The van der Waals surface area contributed by atoms with Crippen LogP contribution in [-0.2, 0) is 23.9 Å². The lowest BCUT2D eigenvalue weighted by Gasteiger charge is -2.30. The first kappa shape index (κ1) is 31.3. The number of carbonyl (C=O) groups excluding carboxylic acids is 4. The van der Waals surface area contributed by atoms with Crippen molar-refractivity contribution in [1.29, 1.82) is 0 Å². The molecule has 2 unspecified atom stereocenters. The van der Waals surface area contributed by atoms with Gasteiger partial charge in [0.2, 0.25) is 17.7 Å². The first-order valence-electron chi connectivity index (χ1n) is 13.3. The molecular formula is C28H50N2O5. The maximum atomic E-state index is 12.8. The van der Waals surface area contributed by atoms with E-state index in [1.807, 2.05) is 41.5 Å². The van der Waals surface area contributed by atoms with Crippen molar-refractivity contribution in [2.45, 2.75) is 119 Å².